The van der Waals surface area contributed by atoms with E-state index < -0.39 is 35.5 Å². The number of likely N-dealkylation sites (N-methyl/N-ethyl adjacent to an activating group) is 2. The van der Waals surface area contributed by atoms with Crippen LogP contribution >= 0.6 is 0 Å². The third-order valence-corrected chi connectivity index (χ3v) is 14.3. The molecule has 2 saturated heterocycles. The van der Waals surface area contributed by atoms with Gasteiger partial charge in [0.25, 0.3) is 0 Å². The van der Waals surface area contributed by atoms with Crippen LogP contribution in [-0.2, 0) is 51.9 Å². The van der Waals surface area contributed by atoms with Crippen molar-refractivity contribution < 1.29 is 55.1 Å². The van der Waals surface area contributed by atoms with Crippen molar-refractivity contribution in [3.8, 4) is 0 Å². The summed E-state index contributed by atoms with van der Waals surface area (Å²) < 4.78 is 54.2. The van der Waals surface area contributed by atoms with Gasteiger partial charge in [-0.2, -0.15) is 0 Å². The number of nitrogens with one attached hydrogen (secondary N) is 2. The van der Waals surface area contributed by atoms with Crippen LogP contribution in [0, 0.1) is 5.92 Å². The zero-order valence-corrected chi connectivity index (χ0v) is 33.9. The first-order chi connectivity index (χ1) is 23.6. The molecule has 1 aromatic carbocycles. The number of carbonyl (C=O) groups is 2. The first kappa shape index (κ1) is 44.0. The fraction of sp³-hybridized carbons (Fsp3) is 0.750. The molecule has 2 amide bonds. The van der Waals surface area contributed by atoms with Gasteiger partial charge in [-0.1, -0.05) is 44.2 Å². The first-order valence-electron chi connectivity index (χ1n) is 16.5. The van der Waals surface area contributed by atoms with E-state index in [1.807, 2.05) is 39.2 Å². The summed E-state index contributed by atoms with van der Waals surface area (Å²) in [6, 6.07) is 10.2. The highest BCUT2D eigenvalue weighted by Crippen LogP contribution is 2.32. The van der Waals surface area contributed by atoms with Gasteiger partial charge in [-0.05, 0) is 39.4 Å². The molecule has 50 heavy (non-hydrogen) atoms. The topological polar surface area (TPSA) is 157 Å². The Bertz CT molecular complexity index is 1150. The van der Waals surface area contributed by atoms with E-state index in [0.717, 1.165) is 13.0 Å². The highest BCUT2D eigenvalue weighted by atomic mass is 28.4. The molecule has 18 heteroatoms. The second-order valence-corrected chi connectivity index (χ2v) is 18.7. The van der Waals surface area contributed by atoms with E-state index in [-0.39, 0.29) is 43.5 Å². The molecule has 0 bridgehead atoms. The van der Waals surface area contributed by atoms with Crippen molar-refractivity contribution in [1.29, 1.82) is 0 Å². The molecular formula is C32H60N4O12Si2. The monoisotopic (exact) mass is 748 g/mol. The standard InChI is InChI=1S/C18H30N2O6Si.C14H30N2O6Si/c1-18(11-15-9-7-6-8-10-15)20(2)12-16(26-18)13-25-17(21)19-14-27(22-3,23-4)24-5;1-11(2)14(3)16(4)8-12(22-14)9-21-13(17)15-10-23(18-5,19-6)20-7/h6-10,16H,11-14H2,1-5H3,(H,19,21);11-12H,8-10H2,1-7H3,(H,15,17). The second-order valence-electron chi connectivity index (χ2n) is 12.8. The predicted octanol–water partition coefficient (Wildman–Crippen LogP) is 2.25. The molecule has 4 atom stereocenters. The molecule has 4 unspecified atom stereocenters. The number of rotatable bonds is 17. The number of amides is 2. The van der Waals surface area contributed by atoms with E-state index in [1.54, 1.807) is 0 Å². The Hall–Kier alpha value is -2.21. The summed E-state index contributed by atoms with van der Waals surface area (Å²) in [5.41, 5.74) is 0.427. The van der Waals surface area contributed by atoms with Crippen LogP contribution in [0.5, 0.6) is 0 Å². The van der Waals surface area contributed by atoms with Crippen LogP contribution in [0.1, 0.15) is 33.3 Å². The maximum Gasteiger partial charge on any atom is 0.520 e. The molecule has 0 aliphatic carbocycles. The maximum atomic E-state index is 12.0. The van der Waals surface area contributed by atoms with Crippen LogP contribution in [0.15, 0.2) is 30.3 Å². The summed E-state index contributed by atoms with van der Waals surface area (Å²) >= 11 is 0. The van der Waals surface area contributed by atoms with Crippen LogP contribution in [0.3, 0.4) is 0 Å². The highest BCUT2D eigenvalue weighted by Gasteiger charge is 2.44. The van der Waals surface area contributed by atoms with Crippen LogP contribution in [-0.4, -0.2) is 159 Å². The Morgan fingerprint density at radius 1 is 0.760 bits per heavy atom. The second kappa shape index (κ2) is 20.1. The number of hydrogen-bond donors (Lipinski definition) is 2. The molecule has 2 aliphatic rings. The molecule has 2 fully saturated rings. The Kier molecular flexibility index (Phi) is 17.7. The van der Waals surface area contributed by atoms with Crippen molar-refractivity contribution in [1.82, 2.24) is 20.4 Å². The van der Waals surface area contributed by atoms with Crippen LogP contribution in [0.25, 0.3) is 0 Å². The lowest BCUT2D eigenvalue weighted by Crippen LogP contribution is -2.53. The zero-order chi connectivity index (χ0) is 37.6. The minimum absolute atomic E-state index is 0.131. The van der Waals surface area contributed by atoms with E-state index in [9.17, 15) is 9.59 Å². The van der Waals surface area contributed by atoms with Crippen molar-refractivity contribution in [3.63, 3.8) is 0 Å². The molecular weight excluding hydrogens is 689 g/mol. The molecule has 2 N–H and O–H groups in total. The van der Waals surface area contributed by atoms with Gasteiger partial charge in [0.2, 0.25) is 0 Å². The van der Waals surface area contributed by atoms with Crippen LogP contribution in [0.2, 0.25) is 0 Å². The first-order valence-corrected chi connectivity index (χ1v) is 20.4. The van der Waals surface area contributed by atoms with E-state index in [1.165, 1.54) is 48.2 Å². The third-order valence-electron chi connectivity index (χ3n) is 9.36. The molecule has 2 heterocycles. The average molecular weight is 749 g/mol. The van der Waals surface area contributed by atoms with Gasteiger partial charge < -0.3 is 56.1 Å². The van der Waals surface area contributed by atoms with Gasteiger partial charge in [0, 0.05) is 62.2 Å². The summed E-state index contributed by atoms with van der Waals surface area (Å²) in [7, 11) is 7.24. The van der Waals surface area contributed by atoms with Gasteiger partial charge in [0.05, 0.1) is 12.3 Å². The van der Waals surface area contributed by atoms with E-state index >= 15 is 0 Å². The van der Waals surface area contributed by atoms with Gasteiger partial charge in [-0.15, -0.1) is 0 Å². The van der Waals surface area contributed by atoms with E-state index in [2.05, 4.69) is 53.3 Å². The maximum absolute atomic E-state index is 12.0. The average Bonchev–Trinajstić information content (AvgIpc) is 3.58. The molecule has 0 radical (unpaired) electrons. The SMILES string of the molecule is CO[Si](CNC(=O)OCC1CN(C)C(C)(C(C)C)O1)(OC)OC.CO[Si](CNC(=O)OCC1CN(C)C(C)(Cc2ccccc2)O1)(OC)OC. The largest absolute Gasteiger partial charge is 0.520 e. The lowest BCUT2D eigenvalue weighted by molar-refractivity contribution is -0.122. The van der Waals surface area contributed by atoms with E-state index in [4.69, 9.17) is 45.5 Å². The molecule has 3 rings (SSSR count). The number of nitrogens with zero attached hydrogens (tertiary/aromatic N) is 2. The number of benzene rings is 1. The lowest BCUT2D eigenvalue weighted by Gasteiger charge is -2.34. The fourth-order valence-electron chi connectivity index (χ4n) is 5.57. The Morgan fingerprint density at radius 3 is 1.58 bits per heavy atom. The predicted molar refractivity (Wildman–Crippen MR) is 189 cm³/mol. The number of hydrogen-bond acceptors (Lipinski definition) is 14. The van der Waals surface area contributed by atoms with Gasteiger partial charge in [-0.25, -0.2) is 9.59 Å². The smallest absolute Gasteiger partial charge is 0.447 e. The summed E-state index contributed by atoms with van der Waals surface area (Å²) in [4.78, 5) is 28.1. The third kappa shape index (κ3) is 12.2. The molecule has 288 valence electrons. The minimum Gasteiger partial charge on any atom is -0.447 e. The van der Waals surface area contributed by atoms with Gasteiger partial charge >= 0.3 is 29.8 Å². The van der Waals surface area contributed by atoms with Crippen molar-refractivity contribution in [3.05, 3.63) is 35.9 Å². The minimum atomic E-state index is -2.87. The highest BCUT2D eigenvalue weighted by molar-refractivity contribution is 6.61. The molecule has 0 aromatic heterocycles. The summed E-state index contributed by atoms with van der Waals surface area (Å²) in [5, 5.41) is 5.24. The van der Waals surface area contributed by atoms with Crippen molar-refractivity contribution >= 4 is 29.8 Å². The Morgan fingerprint density at radius 2 is 1.18 bits per heavy atom. The molecule has 0 saturated carbocycles. The number of carbonyl (C=O) groups excluding carboxylic acids is 2. The molecule has 16 nitrogen and oxygen atoms in total. The van der Waals surface area contributed by atoms with Gasteiger partial charge in [0.1, 0.15) is 36.9 Å². The summed E-state index contributed by atoms with van der Waals surface area (Å²) in [6.45, 7) is 10.1. The Balaban J connectivity index is 0.000000352. The zero-order valence-electron chi connectivity index (χ0n) is 31.9. The Labute approximate surface area is 299 Å². The van der Waals surface area contributed by atoms with Crippen LogP contribution < -0.4 is 10.6 Å². The molecule has 1 aromatic rings. The lowest BCUT2D eigenvalue weighted by atomic mass is 10.0. The van der Waals surface area contributed by atoms with Gasteiger partial charge in [0.15, 0.2) is 0 Å². The summed E-state index contributed by atoms with van der Waals surface area (Å²) in [5.74, 6) is 0.336. The van der Waals surface area contributed by atoms with E-state index in [0.29, 0.717) is 12.5 Å². The molecule has 0 spiro atoms. The normalized spacial score (nSPS) is 24.5. The van der Waals surface area contributed by atoms with Crippen molar-refractivity contribution in [2.45, 2.75) is 57.8 Å². The fourth-order valence-corrected chi connectivity index (χ4v) is 8.16. The molecule has 2 aliphatic heterocycles. The van der Waals surface area contributed by atoms with Crippen molar-refractivity contribution in [2.24, 2.45) is 5.92 Å². The van der Waals surface area contributed by atoms with Crippen LogP contribution in [0.4, 0.5) is 9.59 Å². The number of alkyl carbamates (subject to hydrolysis) is 2. The summed E-state index contributed by atoms with van der Waals surface area (Å²) in [6.07, 6.45) is -0.400. The van der Waals surface area contributed by atoms with Gasteiger partial charge in [-0.3, -0.25) is 9.80 Å². The number of ether oxygens (including phenoxy) is 4. The quantitative estimate of drug-likeness (QED) is 0.224. The van der Waals surface area contributed by atoms with Crippen molar-refractivity contribution in [2.75, 3.05) is 95.4 Å².